The summed E-state index contributed by atoms with van der Waals surface area (Å²) in [4.78, 5) is 16.2. The van der Waals surface area contributed by atoms with Crippen LogP contribution in [-0.4, -0.2) is 20.5 Å². The van der Waals surface area contributed by atoms with Crippen LogP contribution in [0.3, 0.4) is 0 Å². The number of nitrogens with zero attached hydrogens (tertiary/aromatic N) is 4. The van der Waals surface area contributed by atoms with Crippen LogP contribution in [0.1, 0.15) is 16.1 Å². The Morgan fingerprint density at radius 1 is 1.25 bits per heavy atom. The molecule has 0 spiro atoms. The van der Waals surface area contributed by atoms with Gasteiger partial charge in [0.2, 0.25) is 0 Å². The van der Waals surface area contributed by atoms with Crippen molar-refractivity contribution in [3.63, 3.8) is 0 Å². The van der Waals surface area contributed by atoms with Crippen molar-refractivity contribution in [3.8, 4) is 6.07 Å². The van der Waals surface area contributed by atoms with Crippen molar-refractivity contribution in [2.45, 2.75) is 0 Å². The quantitative estimate of drug-likeness (QED) is 0.764. The molecule has 0 saturated heterocycles. The first kappa shape index (κ1) is 11.9. The molecular formula is C14H9N5O. The van der Waals surface area contributed by atoms with Crippen molar-refractivity contribution in [1.82, 2.24) is 14.6 Å². The second-order valence-electron chi connectivity index (χ2n) is 4.06. The van der Waals surface area contributed by atoms with Gasteiger partial charge in [0.25, 0.3) is 5.91 Å². The van der Waals surface area contributed by atoms with Crippen molar-refractivity contribution >= 4 is 17.2 Å². The van der Waals surface area contributed by atoms with Gasteiger partial charge < -0.3 is 5.32 Å². The minimum Gasteiger partial charge on any atom is -0.319 e. The molecule has 0 bridgehead atoms. The molecular weight excluding hydrogens is 254 g/mol. The van der Waals surface area contributed by atoms with Crippen molar-refractivity contribution in [3.05, 3.63) is 60.0 Å². The third kappa shape index (κ3) is 2.08. The first-order valence-electron chi connectivity index (χ1n) is 5.89. The summed E-state index contributed by atoms with van der Waals surface area (Å²) in [6.07, 6.45) is 3.27. The molecule has 0 aliphatic carbocycles. The van der Waals surface area contributed by atoms with Gasteiger partial charge in [-0.15, -0.1) is 0 Å². The van der Waals surface area contributed by atoms with E-state index in [1.54, 1.807) is 48.8 Å². The van der Waals surface area contributed by atoms with E-state index in [-0.39, 0.29) is 11.6 Å². The third-order valence-electron chi connectivity index (χ3n) is 2.78. The van der Waals surface area contributed by atoms with Gasteiger partial charge >= 0.3 is 0 Å². The highest BCUT2D eigenvalue weighted by Gasteiger charge is 2.11. The minimum atomic E-state index is -0.372. The lowest BCUT2D eigenvalue weighted by Crippen LogP contribution is -2.15. The molecule has 6 nitrogen and oxygen atoms in total. The van der Waals surface area contributed by atoms with Gasteiger partial charge in [0.05, 0.1) is 11.3 Å². The normalized spacial score (nSPS) is 10.2. The van der Waals surface area contributed by atoms with E-state index < -0.39 is 0 Å². The van der Waals surface area contributed by atoms with Crippen LogP contribution < -0.4 is 5.32 Å². The number of amides is 1. The number of nitriles is 1. The molecule has 0 fully saturated rings. The van der Waals surface area contributed by atoms with Crippen LogP contribution in [0.5, 0.6) is 0 Å². The summed E-state index contributed by atoms with van der Waals surface area (Å²) < 4.78 is 1.52. The van der Waals surface area contributed by atoms with E-state index in [1.165, 1.54) is 4.52 Å². The fourth-order valence-electron chi connectivity index (χ4n) is 1.81. The Morgan fingerprint density at radius 2 is 2.10 bits per heavy atom. The number of anilines is 1. The lowest BCUT2D eigenvalue weighted by atomic mass is 10.2. The SMILES string of the molecule is N#Cc1ccccc1NC(=O)c1ccc2nccn2n1. The summed E-state index contributed by atoms with van der Waals surface area (Å²) in [7, 11) is 0. The maximum atomic E-state index is 12.1. The van der Waals surface area contributed by atoms with Crippen LogP contribution in [0.25, 0.3) is 5.65 Å². The van der Waals surface area contributed by atoms with Gasteiger partial charge in [-0.3, -0.25) is 4.79 Å². The zero-order chi connectivity index (χ0) is 13.9. The van der Waals surface area contributed by atoms with Gasteiger partial charge in [-0.25, -0.2) is 9.50 Å². The van der Waals surface area contributed by atoms with E-state index in [1.807, 2.05) is 6.07 Å². The summed E-state index contributed by atoms with van der Waals surface area (Å²) in [6, 6.07) is 12.1. The van der Waals surface area contributed by atoms with Crippen LogP contribution in [-0.2, 0) is 0 Å². The van der Waals surface area contributed by atoms with Crippen molar-refractivity contribution in [1.29, 1.82) is 5.26 Å². The predicted octanol–water partition coefficient (Wildman–Crippen LogP) is 1.85. The second kappa shape index (κ2) is 4.82. The summed E-state index contributed by atoms with van der Waals surface area (Å²) >= 11 is 0. The molecule has 0 radical (unpaired) electrons. The molecule has 1 aromatic carbocycles. The molecule has 6 heteroatoms. The summed E-state index contributed by atoms with van der Waals surface area (Å²) in [5, 5.41) is 15.8. The number of hydrogen-bond donors (Lipinski definition) is 1. The minimum absolute atomic E-state index is 0.253. The number of rotatable bonds is 2. The first-order chi connectivity index (χ1) is 9.78. The molecule has 0 unspecified atom stereocenters. The van der Waals surface area contributed by atoms with Gasteiger partial charge in [0, 0.05) is 12.4 Å². The lowest BCUT2D eigenvalue weighted by molar-refractivity contribution is 0.102. The average molecular weight is 263 g/mol. The number of imidazole rings is 1. The molecule has 0 aliphatic heterocycles. The number of fused-ring (bicyclic) bond motifs is 1. The summed E-state index contributed by atoms with van der Waals surface area (Å²) in [5.74, 6) is -0.372. The largest absolute Gasteiger partial charge is 0.319 e. The van der Waals surface area contributed by atoms with Crippen LogP contribution in [0.2, 0.25) is 0 Å². The highest BCUT2D eigenvalue weighted by atomic mass is 16.1. The van der Waals surface area contributed by atoms with Crippen LogP contribution in [0.4, 0.5) is 5.69 Å². The molecule has 1 amide bonds. The topological polar surface area (TPSA) is 83.1 Å². The molecule has 3 rings (SSSR count). The van der Waals surface area contributed by atoms with Crippen LogP contribution in [0.15, 0.2) is 48.8 Å². The van der Waals surface area contributed by atoms with E-state index in [0.29, 0.717) is 16.9 Å². The highest BCUT2D eigenvalue weighted by Crippen LogP contribution is 2.14. The lowest BCUT2D eigenvalue weighted by Gasteiger charge is -2.06. The Bertz CT molecular complexity index is 831. The van der Waals surface area contributed by atoms with Crippen LogP contribution >= 0.6 is 0 Å². The van der Waals surface area contributed by atoms with E-state index in [0.717, 1.165) is 0 Å². The van der Waals surface area contributed by atoms with E-state index >= 15 is 0 Å². The summed E-state index contributed by atoms with van der Waals surface area (Å²) in [6.45, 7) is 0. The zero-order valence-corrected chi connectivity index (χ0v) is 10.3. The molecule has 2 heterocycles. The molecule has 1 N–H and O–H groups in total. The van der Waals surface area contributed by atoms with Gasteiger partial charge in [0.15, 0.2) is 5.65 Å². The van der Waals surface area contributed by atoms with Crippen molar-refractivity contribution < 1.29 is 4.79 Å². The molecule has 2 aromatic heterocycles. The molecule has 0 atom stereocenters. The van der Waals surface area contributed by atoms with E-state index in [4.69, 9.17) is 5.26 Å². The Hall–Kier alpha value is -3.20. The maximum absolute atomic E-state index is 12.1. The fraction of sp³-hybridized carbons (Fsp3) is 0. The van der Waals surface area contributed by atoms with Crippen molar-refractivity contribution in [2.24, 2.45) is 0 Å². The fourth-order valence-corrected chi connectivity index (χ4v) is 1.81. The number of para-hydroxylation sites is 1. The predicted molar refractivity (Wildman–Crippen MR) is 72.1 cm³/mol. The molecule has 96 valence electrons. The number of benzene rings is 1. The Morgan fingerprint density at radius 3 is 2.95 bits per heavy atom. The second-order valence-corrected chi connectivity index (χ2v) is 4.06. The van der Waals surface area contributed by atoms with E-state index in [9.17, 15) is 4.79 Å². The Kier molecular flexibility index (Phi) is 2.86. The van der Waals surface area contributed by atoms with Gasteiger partial charge in [-0.05, 0) is 24.3 Å². The number of hydrogen-bond acceptors (Lipinski definition) is 4. The standard InChI is InChI=1S/C14H9N5O/c15-9-10-3-1-2-4-11(10)17-14(20)12-5-6-13-16-7-8-19(13)18-12/h1-8H,(H,17,20). The molecule has 20 heavy (non-hydrogen) atoms. The highest BCUT2D eigenvalue weighted by molar-refractivity contribution is 6.03. The van der Waals surface area contributed by atoms with Gasteiger partial charge in [-0.1, -0.05) is 12.1 Å². The number of carbonyl (C=O) groups is 1. The molecule has 3 aromatic rings. The zero-order valence-electron chi connectivity index (χ0n) is 10.3. The third-order valence-corrected chi connectivity index (χ3v) is 2.78. The molecule has 0 aliphatic rings. The number of carbonyl (C=O) groups excluding carboxylic acids is 1. The number of aromatic nitrogens is 3. The first-order valence-corrected chi connectivity index (χ1v) is 5.89. The van der Waals surface area contributed by atoms with E-state index in [2.05, 4.69) is 15.4 Å². The smallest absolute Gasteiger partial charge is 0.276 e. The Labute approximate surface area is 114 Å². The van der Waals surface area contributed by atoms with Gasteiger partial charge in [0.1, 0.15) is 11.8 Å². The summed E-state index contributed by atoms with van der Waals surface area (Å²) in [5.41, 5.74) is 1.79. The van der Waals surface area contributed by atoms with Crippen molar-refractivity contribution in [2.75, 3.05) is 5.32 Å². The monoisotopic (exact) mass is 263 g/mol. The average Bonchev–Trinajstić information content (AvgIpc) is 2.95. The van der Waals surface area contributed by atoms with Gasteiger partial charge in [-0.2, -0.15) is 10.4 Å². The number of nitrogens with one attached hydrogen (secondary N) is 1. The van der Waals surface area contributed by atoms with Crippen LogP contribution in [0, 0.1) is 11.3 Å². The molecule has 0 saturated carbocycles. The maximum Gasteiger partial charge on any atom is 0.276 e. The Balaban J connectivity index is 1.91.